The summed E-state index contributed by atoms with van der Waals surface area (Å²) in [6.45, 7) is 0.997. The van der Waals surface area contributed by atoms with E-state index < -0.39 is 0 Å². The number of ether oxygens (including phenoxy) is 2. The molecule has 1 aliphatic heterocycles. The molecule has 0 saturated carbocycles. The highest BCUT2D eigenvalue weighted by atomic mass is 35.5. The van der Waals surface area contributed by atoms with E-state index in [-0.39, 0.29) is 5.91 Å². The van der Waals surface area contributed by atoms with Crippen LogP contribution in [0.3, 0.4) is 0 Å². The van der Waals surface area contributed by atoms with Gasteiger partial charge in [0.15, 0.2) is 11.5 Å². The molecule has 5 nitrogen and oxygen atoms in total. The van der Waals surface area contributed by atoms with Gasteiger partial charge < -0.3 is 9.47 Å². The fourth-order valence-corrected chi connectivity index (χ4v) is 2.09. The molecule has 1 amide bonds. The molecular weight excluding hydrogens is 304 g/mol. The van der Waals surface area contributed by atoms with Crippen LogP contribution in [0, 0.1) is 0 Å². The lowest BCUT2D eigenvalue weighted by Gasteiger charge is -2.18. The Kier molecular flexibility index (Phi) is 4.25. The van der Waals surface area contributed by atoms with Crippen molar-refractivity contribution in [1.82, 2.24) is 5.43 Å². The molecule has 0 saturated heterocycles. The minimum atomic E-state index is -0.317. The van der Waals surface area contributed by atoms with E-state index in [1.165, 1.54) is 0 Å². The highest BCUT2D eigenvalue weighted by Gasteiger charge is 2.14. The van der Waals surface area contributed by atoms with Crippen LogP contribution < -0.4 is 14.9 Å². The van der Waals surface area contributed by atoms with E-state index in [1.807, 2.05) is 12.1 Å². The first kappa shape index (κ1) is 14.4. The van der Waals surface area contributed by atoms with E-state index in [0.29, 0.717) is 35.3 Å². The first-order valence-electron chi connectivity index (χ1n) is 6.71. The molecule has 3 rings (SSSR count). The number of halogens is 1. The molecular formula is C16H13ClN2O3. The van der Waals surface area contributed by atoms with Gasteiger partial charge in [-0.15, -0.1) is 0 Å². The van der Waals surface area contributed by atoms with Crippen molar-refractivity contribution in [2.45, 2.75) is 0 Å². The first-order chi connectivity index (χ1) is 10.7. The maximum absolute atomic E-state index is 12.0. The van der Waals surface area contributed by atoms with Gasteiger partial charge in [0, 0.05) is 10.6 Å². The van der Waals surface area contributed by atoms with Crippen molar-refractivity contribution in [3.05, 3.63) is 58.6 Å². The van der Waals surface area contributed by atoms with E-state index >= 15 is 0 Å². The maximum Gasteiger partial charge on any atom is 0.271 e. The molecule has 0 spiro atoms. The summed E-state index contributed by atoms with van der Waals surface area (Å²) in [6, 6.07) is 12.1. The molecule has 22 heavy (non-hydrogen) atoms. The molecule has 112 valence electrons. The van der Waals surface area contributed by atoms with E-state index in [2.05, 4.69) is 10.5 Å². The summed E-state index contributed by atoms with van der Waals surface area (Å²) in [4.78, 5) is 12.0. The third kappa shape index (κ3) is 3.38. The van der Waals surface area contributed by atoms with Gasteiger partial charge in [-0.3, -0.25) is 4.79 Å². The molecule has 0 unspecified atom stereocenters. The smallest absolute Gasteiger partial charge is 0.271 e. The summed E-state index contributed by atoms with van der Waals surface area (Å²) in [5.74, 6) is 0.898. The Hall–Kier alpha value is -2.53. The van der Waals surface area contributed by atoms with Gasteiger partial charge in [-0.05, 0) is 35.9 Å². The molecule has 1 aliphatic rings. The zero-order valence-corrected chi connectivity index (χ0v) is 12.3. The van der Waals surface area contributed by atoms with Gasteiger partial charge in [0.1, 0.15) is 13.2 Å². The average molecular weight is 317 g/mol. The van der Waals surface area contributed by atoms with Crippen molar-refractivity contribution in [2.75, 3.05) is 13.2 Å². The molecule has 0 radical (unpaired) electrons. The fourth-order valence-electron chi connectivity index (χ4n) is 1.96. The number of hydrogen-bond donors (Lipinski definition) is 1. The van der Waals surface area contributed by atoms with E-state index in [0.717, 1.165) is 5.56 Å². The molecule has 0 aliphatic carbocycles. The average Bonchev–Trinajstić information content (AvgIpc) is 2.56. The molecule has 1 heterocycles. The lowest BCUT2D eigenvalue weighted by Crippen LogP contribution is -2.19. The van der Waals surface area contributed by atoms with Gasteiger partial charge in [-0.25, -0.2) is 5.43 Å². The van der Waals surface area contributed by atoms with Crippen LogP contribution in [0.25, 0.3) is 0 Å². The van der Waals surface area contributed by atoms with E-state index in [4.69, 9.17) is 21.1 Å². The second kappa shape index (κ2) is 6.49. The predicted octanol–water partition coefficient (Wildman–Crippen LogP) is 2.88. The fraction of sp³-hybridized carbons (Fsp3) is 0.125. The lowest BCUT2D eigenvalue weighted by atomic mass is 10.2. The van der Waals surface area contributed by atoms with Crippen molar-refractivity contribution >= 4 is 23.7 Å². The highest BCUT2D eigenvalue weighted by molar-refractivity contribution is 6.30. The normalized spacial score (nSPS) is 13.1. The molecule has 0 atom stereocenters. The third-order valence-electron chi connectivity index (χ3n) is 3.05. The number of hydrogen-bond acceptors (Lipinski definition) is 4. The van der Waals surface area contributed by atoms with Gasteiger partial charge in [0.05, 0.1) is 6.21 Å². The van der Waals surface area contributed by atoms with Gasteiger partial charge in [0.2, 0.25) is 0 Å². The monoisotopic (exact) mass is 316 g/mol. The van der Waals surface area contributed by atoms with Crippen LogP contribution in [0.2, 0.25) is 5.02 Å². The number of carbonyl (C=O) groups excluding carboxylic acids is 1. The number of nitrogens with zero attached hydrogens (tertiary/aromatic N) is 1. The lowest BCUT2D eigenvalue weighted by molar-refractivity contribution is 0.0954. The molecule has 0 aromatic heterocycles. The summed E-state index contributed by atoms with van der Waals surface area (Å²) < 4.78 is 10.9. The molecule has 2 aromatic rings. The maximum atomic E-state index is 12.0. The standard InChI is InChI=1S/C16H13ClN2O3/c17-13-4-1-11(2-5-13)10-18-19-16(20)12-3-6-14-15(9-12)22-8-7-21-14/h1-6,9-10H,7-8H2,(H,19,20)/b18-10+. The predicted molar refractivity (Wildman–Crippen MR) is 83.9 cm³/mol. The highest BCUT2D eigenvalue weighted by Crippen LogP contribution is 2.30. The Morgan fingerprint density at radius 2 is 1.82 bits per heavy atom. The van der Waals surface area contributed by atoms with Crippen LogP contribution in [-0.4, -0.2) is 25.3 Å². The Bertz CT molecular complexity index is 714. The van der Waals surface area contributed by atoms with Crippen molar-refractivity contribution in [1.29, 1.82) is 0 Å². The van der Waals surface area contributed by atoms with Crippen LogP contribution in [0.1, 0.15) is 15.9 Å². The van der Waals surface area contributed by atoms with Gasteiger partial charge >= 0.3 is 0 Å². The largest absolute Gasteiger partial charge is 0.486 e. The molecule has 6 heteroatoms. The number of hydrazone groups is 1. The Morgan fingerprint density at radius 1 is 1.09 bits per heavy atom. The Labute approximate surface area is 132 Å². The summed E-state index contributed by atoms with van der Waals surface area (Å²) in [6.07, 6.45) is 1.55. The number of amides is 1. The van der Waals surface area contributed by atoms with Crippen molar-refractivity contribution in [2.24, 2.45) is 5.10 Å². The molecule has 0 fully saturated rings. The summed E-state index contributed by atoms with van der Waals surface area (Å²) >= 11 is 5.80. The van der Waals surface area contributed by atoms with E-state index in [1.54, 1.807) is 36.5 Å². The number of carbonyl (C=O) groups is 1. The van der Waals surface area contributed by atoms with Crippen LogP contribution in [0.4, 0.5) is 0 Å². The van der Waals surface area contributed by atoms with Gasteiger partial charge in [-0.1, -0.05) is 23.7 Å². The van der Waals surface area contributed by atoms with Gasteiger partial charge in [-0.2, -0.15) is 5.10 Å². The summed E-state index contributed by atoms with van der Waals surface area (Å²) in [7, 11) is 0. The van der Waals surface area contributed by atoms with Crippen molar-refractivity contribution < 1.29 is 14.3 Å². The van der Waals surface area contributed by atoms with Crippen molar-refractivity contribution in [3.63, 3.8) is 0 Å². The topological polar surface area (TPSA) is 59.9 Å². The molecule has 2 aromatic carbocycles. The van der Waals surface area contributed by atoms with Crippen LogP contribution in [0.5, 0.6) is 11.5 Å². The second-order valence-corrected chi connectivity index (χ2v) is 5.05. The molecule has 1 N–H and O–H groups in total. The third-order valence-corrected chi connectivity index (χ3v) is 3.31. The number of fused-ring (bicyclic) bond motifs is 1. The number of nitrogens with one attached hydrogen (secondary N) is 1. The second-order valence-electron chi connectivity index (χ2n) is 4.61. The first-order valence-corrected chi connectivity index (χ1v) is 7.09. The number of rotatable bonds is 3. The van der Waals surface area contributed by atoms with Crippen LogP contribution in [0.15, 0.2) is 47.6 Å². The molecule has 0 bridgehead atoms. The van der Waals surface area contributed by atoms with Crippen LogP contribution in [-0.2, 0) is 0 Å². The summed E-state index contributed by atoms with van der Waals surface area (Å²) in [5.41, 5.74) is 3.77. The minimum Gasteiger partial charge on any atom is -0.486 e. The van der Waals surface area contributed by atoms with Gasteiger partial charge in [0.25, 0.3) is 5.91 Å². The summed E-state index contributed by atoms with van der Waals surface area (Å²) in [5, 5.41) is 4.57. The Balaban J connectivity index is 1.65. The SMILES string of the molecule is O=C(N/N=C/c1ccc(Cl)cc1)c1ccc2c(c1)OCCO2. The number of benzene rings is 2. The Morgan fingerprint density at radius 3 is 2.59 bits per heavy atom. The zero-order valence-electron chi connectivity index (χ0n) is 11.6. The van der Waals surface area contributed by atoms with E-state index in [9.17, 15) is 4.79 Å². The minimum absolute atomic E-state index is 0.317. The zero-order chi connectivity index (χ0) is 15.4. The van der Waals surface area contributed by atoms with Crippen molar-refractivity contribution in [3.8, 4) is 11.5 Å². The quantitative estimate of drug-likeness (QED) is 0.699. The van der Waals surface area contributed by atoms with Crippen LogP contribution >= 0.6 is 11.6 Å².